The maximum atomic E-state index is 13.2. The lowest BCUT2D eigenvalue weighted by Crippen LogP contribution is -2.18. The van der Waals surface area contributed by atoms with E-state index in [1.165, 1.54) is 6.07 Å². The molecule has 0 radical (unpaired) electrons. The molecule has 1 unspecified atom stereocenters. The van der Waals surface area contributed by atoms with Crippen LogP contribution >= 0.6 is 11.6 Å². The van der Waals surface area contributed by atoms with E-state index in [2.05, 4.69) is 17.6 Å². The van der Waals surface area contributed by atoms with Crippen LogP contribution in [-0.4, -0.2) is 12.6 Å². The molecule has 1 aliphatic rings. The van der Waals surface area contributed by atoms with E-state index in [4.69, 9.17) is 11.6 Å². The van der Waals surface area contributed by atoms with Crippen molar-refractivity contribution in [1.82, 2.24) is 0 Å². The Balaban J connectivity index is 2.34. The molecule has 2 nitrogen and oxygen atoms in total. The number of benzene rings is 1. The van der Waals surface area contributed by atoms with Crippen LogP contribution in [0.3, 0.4) is 0 Å². The molecule has 0 amide bonds. The smallest absolute Gasteiger partial charge is 0.143 e. The van der Waals surface area contributed by atoms with Gasteiger partial charge in [-0.15, -0.1) is 0 Å². The normalized spacial score (nSPS) is 19.8. The Hall–Kier alpha value is -0.960. The van der Waals surface area contributed by atoms with Gasteiger partial charge in [0.05, 0.1) is 16.4 Å². The van der Waals surface area contributed by atoms with Crippen molar-refractivity contribution in [2.45, 2.75) is 25.8 Å². The van der Waals surface area contributed by atoms with Crippen molar-refractivity contribution in [2.24, 2.45) is 0 Å². The third-order valence-corrected chi connectivity index (χ3v) is 3.01. The fraction of sp³-hybridized carbons (Fsp3) is 0.455. The summed E-state index contributed by atoms with van der Waals surface area (Å²) in [4.78, 5) is 0. The largest absolute Gasteiger partial charge is 0.383 e. The van der Waals surface area contributed by atoms with Gasteiger partial charge >= 0.3 is 0 Å². The number of hydrogen-bond acceptors (Lipinski definition) is 2. The maximum absolute atomic E-state index is 13.2. The topological polar surface area (TPSA) is 24.1 Å². The molecule has 82 valence electrons. The molecule has 0 aliphatic carbocycles. The molecule has 0 saturated carbocycles. The second kappa shape index (κ2) is 4.27. The predicted octanol–water partition coefficient (Wildman–Crippen LogP) is 3.49. The van der Waals surface area contributed by atoms with Gasteiger partial charge in [-0.2, -0.15) is 0 Å². The Morgan fingerprint density at radius 2 is 2.27 bits per heavy atom. The first-order valence-corrected chi connectivity index (χ1v) is 5.58. The average Bonchev–Trinajstić information content (AvgIpc) is 2.41. The lowest BCUT2D eigenvalue weighted by atomic mass is 10.1. The van der Waals surface area contributed by atoms with E-state index in [0.29, 0.717) is 6.04 Å². The minimum absolute atomic E-state index is 0.166. The molecular weight excluding hydrogens is 215 g/mol. The second-order valence-electron chi connectivity index (χ2n) is 3.78. The van der Waals surface area contributed by atoms with Crippen LogP contribution in [0.4, 0.5) is 15.8 Å². The molecule has 1 atom stereocenters. The van der Waals surface area contributed by atoms with Gasteiger partial charge in [0.1, 0.15) is 5.82 Å². The average molecular weight is 229 g/mol. The highest BCUT2D eigenvalue weighted by Gasteiger charge is 2.15. The van der Waals surface area contributed by atoms with Crippen LogP contribution in [0, 0.1) is 5.82 Å². The number of fused-ring (bicyclic) bond motifs is 1. The van der Waals surface area contributed by atoms with Crippen LogP contribution in [0.15, 0.2) is 12.1 Å². The first kappa shape index (κ1) is 10.6. The van der Waals surface area contributed by atoms with Crippen LogP contribution in [0.2, 0.25) is 5.02 Å². The highest BCUT2D eigenvalue weighted by Crippen LogP contribution is 2.31. The number of nitrogens with one attached hydrogen (secondary N) is 2. The van der Waals surface area contributed by atoms with Gasteiger partial charge in [-0.05, 0) is 18.9 Å². The SMILES string of the molecule is CCC1CCNc2cc(F)c(Cl)cc2N1. The van der Waals surface area contributed by atoms with Crippen molar-refractivity contribution in [3.05, 3.63) is 23.0 Å². The van der Waals surface area contributed by atoms with E-state index in [-0.39, 0.29) is 10.8 Å². The van der Waals surface area contributed by atoms with Crippen LogP contribution in [0.25, 0.3) is 0 Å². The minimum Gasteiger partial charge on any atom is -0.383 e. The van der Waals surface area contributed by atoms with Crippen molar-refractivity contribution in [1.29, 1.82) is 0 Å². The zero-order valence-electron chi connectivity index (χ0n) is 8.61. The van der Waals surface area contributed by atoms with Crippen molar-refractivity contribution in [3.8, 4) is 0 Å². The lowest BCUT2D eigenvalue weighted by Gasteiger charge is -2.15. The predicted molar refractivity (Wildman–Crippen MR) is 62.2 cm³/mol. The molecule has 1 heterocycles. The monoisotopic (exact) mass is 228 g/mol. The number of rotatable bonds is 1. The third kappa shape index (κ3) is 2.17. The zero-order valence-corrected chi connectivity index (χ0v) is 9.37. The number of hydrogen-bond donors (Lipinski definition) is 2. The van der Waals surface area contributed by atoms with Gasteiger partial charge in [-0.25, -0.2) is 4.39 Å². The summed E-state index contributed by atoms with van der Waals surface area (Å²) < 4.78 is 13.2. The van der Waals surface area contributed by atoms with Gasteiger partial charge in [-0.3, -0.25) is 0 Å². The van der Waals surface area contributed by atoms with Gasteiger partial charge < -0.3 is 10.6 Å². The standard InChI is InChI=1S/C11H14ClFN2/c1-2-7-3-4-14-10-6-9(13)8(12)5-11(10)15-7/h5-7,14-15H,2-4H2,1H3. The Bertz CT molecular complexity index is 368. The number of halogens is 2. The quantitative estimate of drug-likeness (QED) is 0.769. The van der Waals surface area contributed by atoms with Crippen molar-refractivity contribution >= 4 is 23.0 Å². The van der Waals surface area contributed by atoms with Crippen LogP contribution in [0.5, 0.6) is 0 Å². The highest BCUT2D eigenvalue weighted by atomic mass is 35.5. The summed E-state index contributed by atoms with van der Waals surface area (Å²) in [6, 6.07) is 3.52. The maximum Gasteiger partial charge on any atom is 0.143 e. The second-order valence-corrected chi connectivity index (χ2v) is 4.18. The molecule has 0 spiro atoms. The molecule has 1 aromatic rings. The molecular formula is C11H14ClFN2. The van der Waals surface area contributed by atoms with Crippen LogP contribution in [0.1, 0.15) is 19.8 Å². The molecule has 1 aromatic carbocycles. The van der Waals surface area contributed by atoms with Crippen LogP contribution in [-0.2, 0) is 0 Å². The summed E-state index contributed by atoms with van der Waals surface area (Å²) in [7, 11) is 0. The molecule has 2 rings (SSSR count). The van der Waals surface area contributed by atoms with Crippen molar-refractivity contribution in [3.63, 3.8) is 0 Å². The van der Waals surface area contributed by atoms with E-state index < -0.39 is 0 Å². The van der Waals surface area contributed by atoms with E-state index in [1.807, 2.05) is 0 Å². The Labute approximate surface area is 93.8 Å². The Morgan fingerprint density at radius 1 is 1.47 bits per heavy atom. The minimum atomic E-state index is -0.375. The van der Waals surface area contributed by atoms with E-state index in [1.54, 1.807) is 6.07 Å². The molecule has 0 fully saturated rings. The van der Waals surface area contributed by atoms with Gasteiger partial charge in [-0.1, -0.05) is 18.5 Å². The summed E-state index contributed by atoms with van der Waals surface area (Å²) in [5, 5.41) is 6.73. The van der Waals surface area contributed by atoms with E-state index in [0.717, 1.165) is 30.8 Å². The van der Waals surface area contributed by atoms with Crippen molar-refractivity contribution < 1.29 is 4.39 Å². The van der Waals surface area contributed by atoms with Crippen LogP contribution < -0.4 is 10.6 Å². The zero-order chi connectivity index (χ0) is 10.8. The molecule has 0 bridgehead atoms. The molecule has 1 aliphatic heterocycles. The summed E-state index contributed by atoms with van der Waals surface area (Å²) >= 11 is 5.75. The van der Waals surface area contributed by atoms with Gasteiger partial charge in [0, 0.05) is 18.7 Å². The summed E-state index contributed by atoms with van der Waals surface area (Å²) in [6.07, 6.45) is 2.08. The van der Waals surface area contributed by atoms with Gasteiger partial charge in [0.25, 0.3) is 0 Å². The van der Waals surface area contributed by atoms with E-state index in [9.17, 15) is 4.39 Å². The first-order chi connectivity index (χ1) is 7.20. The molecule has 15 heavy (non-hydrogen) atoms. The van der Waals surface area contributed by atoms with Gasteiger partial charge in [0.15, 0.2) is 0 Å². The molecule has 2 N–H and O–H groups in total. The fourth-order valence-corrected chi connectivity index (χ4v) is 1.96. The molecule has 4 heteroatoms. The van der Waals surface area contributed by atoms with Gasteiger partial charge in [0.2, 0.25) is 0 Å². The number of anilines is 2. The highest BCUT2D eigenvalue weighted by molar-refractivity contribution is 6.31. The summed E-state index contributed by atoms with van der Waals surface area (Å²) in [6.45, 7) is 2.99. The third-order valence-electron chi connectivity index (χ3n) is 2.72. The van der Waals surface area contributed by atoms with Crippen molar-refractivity contribution in [2.75, 3.05) is 17.2 Å². The van der Waals surface area contributed by atoms with E-state index >= 15 is 0 Å². The fourth-order valence-electron chi connectivity index (χ4n) is 1.79. The molecule has 0 saturated heterocycles. The Morgan fingerprint density at radius 3 is 3.00 bits per heavy atom. The Kier molecular flexibility index (Phi) is 3.00. The summed E-state index contributed by atoms with van der Waals surface area (Å²) in [5.41, 5.74) is 1.69. The molecule has 0 aromatic heterocycles. The lowest BCUT2D eigenvalue weighted by molar-refractivity contribution is 0.629. The first-order valence-electron chi connectivity index (χ1n) is 5.20. The summed E-state index contributed by atoms with van der Waals surface area (Å²) in [5.74, 6) is -0.375.